The Balaban J connectivity index is 3.04. The molecular weight excluding hydrogens is 135 g/mol. The first-order chi connectivity index (χ1) is 4.74. The maximum absolute atomic E-state index is 12.4. The fourth-order valence-electron chi connectivity index (χ4n) is 0.649. The van der Waals surface area contributed by atoms with Crippen molar-refractivity contribution in [2.24, 2.45) is 0 Å². The van der Waals surface area contributed by atoms with Crippen LogP contribution in [0.5, 0.6) is 5.75 Å². The predicted octanol–water partition coefficient (Wildman–Crippen LogP) is 1.02. The Kier molecular flexibility index (Phi) is 1.87. The number of halogens is 1. The monoisotopic (exact) mass is 142 g/mol. The highest BCUT2D eigenvalue weighted by Gasteiger charge is 1.98. The summed E-state index contributed by atoms with van der Waals surface area (Å²) >= 11 is 0. The summed E-state index contributed by atoms with van der Waals surface area (Å²) in [5, 5.41) is 17.2. The molecule has 1 aromatic rings. The molecule has 0 amide bonds. The molecule has 0 aliphatic rings. The van der Waals surface area contributed by atoms with E-state index in [1.54, 1.807) is 0 Å². The molecule has 54 valence electrons. The van der Waals surface area contributed by atoms with Gasteiger partial charge in [0.25, 0.3) is 0 Å². The van der Waals surface area contributed by atoms with E-state index in [0.29, 0.717) is 5.56 Å². The molecule has 1 aromatic carbocycles. The van der Waals surface area contributed by atoms with Crippen LogP contribution in [0.2, 0.25) is 0 Å². The van der Waals surface area contributed by atoms with Crippen LogP contribution in [-0.2, 0) is 6.61 Å². The second kappa shape index (κ2) is 2.66. The van der Waals surface area contributed by atoms with Crippen LogP contribution in [0.1, 0.15) is 5.56 Å². The van der Waals surface area contributed by atoms with Crippen molar-refractivity contribution in [2.75, 3.05) is 0 Å². The lowest BCUT2D eigenvalue weighted by Crippen LogP contribution is -1.84. The maximum atomic E-state index is 12.4. The molecule has 0 fully saturated rings. The van der Waals surface area contributed by atoms with Crippen LogP contribution < -0.4 is 0 Å². The van der Waals surface area contributed by atoms with Crippen LogP contribution in [-0.4, -0.2) is 10.2 Å². The number of phenolic OH excluding ortho intramolecular Hbond substituents is 1. The first-order valence-electron chi connectivity index (χ1n) is 2.82. The average Bonchev–Trinajstić information content (AvgIpc) is 1.95. The van der Waals surface area contributed by atoms with E-state index < -0.39 is 11.6 Å². The van der Waals surface area contributed by atoms with Gasteiger partial charge in [0.2, 0.25) is 0 Å². The average molecular weight is 142 g/mol. The molecule has 0 saturated heterocycles. The summed E-state index contributed by atoms with van der Waals surface area (Å²) in [5.41, 5.74) is 0.454. The minimum Gasteiger partial charge on any atom is -0.505 e. The van der Waals surface area contributed by atoms with Crippen molar-refractivity contribution < 1.29 is 14.6 Å². The molecule has 0 aliphatic heterocycles. The van der Waals surface area contributed by atoms with Crippen LogP contribution in [0, 0.1) is 5.82 Å². The topological polar surface area (TPSA) is 40.5 Å². The molecule has 0 heterocycles. The van der Waals surface area contributed by atoms with Gasteiger partial charge in [-0.05, 0) is 17.7 Å². The Hall–Kier alpha value is -1.09. The van der Waals surface area contributed by atoms with E-state index in [1.807, 2.05) is 0 Å². The Morgan fingerprint density at radius 3 is 2.60 bits per heavy atom. The molecule has 1 rings (SSSR count). The molecule has 3 heteroatoms. The summed E-state index contributed by atoms with van der Waals surface area (Å²) in [6.45, 7) is -0.211. The Bertz CT molecular complexity index is 235. The number of aliphatic hydroxyl groups is 1. The van der Waals surface area contributed by atoms with Gasteiger partial charge in [0, 0.05) is 0 Å². The van der Waals surface area contributed by atoms with Gasteiger partial charge in [-0.3, -0.25) is 0 Å². The van der Waals surface area contributed by atoms with Gasteiger partial charge in [-0.1, -0.05) is 6.07 Å². The Morgan fingerprint density at radius 1 is 1.40 bits per heavy atom. The van der Waals surface area contributed by atoms with E-state index in [0.717, 1.165) is 6.07 Å². The summed E-state index contributed by atoms with van der Waals surface area (Å²) in [6.07, 6.45) is 0. The van der Waals surface area contributed by atoms with Crippen molar-refractivity contribution >= 4 is 0 Å². The fourth-order valence-corrected chi connectivity index (χ4v) is 0.649. The van der Waals surface area contributed by atoms with Gasteiger partial charge >= 0.3 is 0 Å². The zero-order chi connectivity index (χ0) is 7.56. The van der Waals surface area contributed by atoms with Gasteiger partial charge in [0.15, 0.2) is 11.6 Å². The summed E-state index contributed by atoms with van der Waals surface area (Å²) in [6, 6.07) is 3.76. The third-order valence-electron chi connectivity index (χ3n) is 1.19. The quantitative estimate of drug-likeness (QED) is 0.614. The van der Waals surface area contributed by atoms with Crippen molar-refractivity contribution in [1.29, 1.82) is 0 Å². The second-order valence-electron chi connectivity index (χ2n) is 1.94. The molecule has 0 saturated carbocycles. The van der Waals surface area contributed by atoms with Gasteiger partial charge < -0.3 is 10.2 Å². The zero-order valence-corrected chi connectivity index (χ0v) is 5.21. The van der Waals surface area contributed by atoms with Gasteiger partial charge in [0.05, 0.1) is 6.61 Å². The molecule has 2 nitrogen and oxygen atoms in total. The van der Waals surface area contributed by atoms with E-state index in [1.165, 1.54) is 12.1 Å². The molecule has 0 bridgehead atoms. The van der Waals surface area contributed by atoms with Gasteiger partial charge in [-0.25, -0.2) is 4.39 Å². The number of aliphatic hydroxyl groups excluding tert-OH is 1. The predicted molar refractivity (Wildman–Crippen MR) is 34.0 cm³/mol. The second-order valence-corrected chi connectivity index (χ2v) is 1.94. The van der Waals surface area contributed by atoms with E-state index >= 15 is 0 Å². The standard InChI is InChI=1S/C7H7FO2/c8-6-3-5(4-9)1-2-7(6)10/h1-3,9-10H,4H2. The number of aromatic hydroxyl groups is 1. The van der Waals surface area contributed by atoms with Crippen molar-refractivity contribution in [2.45, 2.75) is 6.61 Å². The molecule has 0 spiro atoms. The Morgan fingerprint density at radius 2 is 2.10 bits per heavy atom. The van der Waals surface area contributed by atoms with E-state index in [9.17, 15) is 4.39 Å². The number of hydrogen-bond donors (Lipinski definition) is 2. The number of benzene rings is 1. The van der Waals surface area contributed by atoms with Crippen molar-refractivity contribution in [3.63, 3.8) is 0 Å². The summed E-state index contributed by atoms with van der Waals surface area (Å²) in [4.78, 5) is 0. The molecule has 0 unspecified atom stereocenters. The van der Waals surface area contributed by atoms with E-state index in [4.69, 9.17) is 10.2 Å². The number of hydrogen-bond acceptors (Lipinski definition) is 2. The number of phenols is 1. The minimum absolute atomic E-state index is 0.211. The minimum atomic E-state index is -0.702. The van der Waals surface area contributed by atoms with E-state index in [-0.39, 0.29) is 6.61 Å². The zero-order valence-electron chi connectivity index (χ0n) is 5.21. The summed E-state index contributed by atoms with van der Waals surface area (Å²) in [7, 11) is 0. The smallest absolute Gasteiger partial charge is 0.165 e. The molecular formula is C7H7FO2. The third-order valence-corrected chi connectivity index (χ3v) is 1.19. The van der Waals surface area contributed by atoms with Crippen molar-refractivity contribution in [1.82, 2.24) is 0 Å². The van der Waals surface area contributed by atoms with Crippen molar-refractivity contribution in [3.8, 4) is 5.75 Å². The number of rotatable bonds is 1. The lowest BCUT2D eigenvalue weighted by atomic mass is 10.2. The highest BCUT2D eigenvalue weighted by molar-refractivity contribution is 5.27. The normalized spacial score (nSPS) is 9.80. The SMILES string of the molecule is OCc1ccc(O)c(F)c1. The summed E-state index contributed by atoms with van der Waals surface area (Å²) < 4.78 is 12.4. The summed E-state index contributed by atoms with van der Waals surface area (Å²) in [5.74, 6) is -1.09. The van der Waals surface area contributed by atoms with Gasteiger partial charge in [-0.2, -0.15) is 0 Å². The molecule has 0 radical (unpaired) electrons. The van der Waals surface area contributed by atoms with Crippen LogP contribution in [0.4, 0.5) is 4.39 Å². The highest BCUT2D eigenvalue weighted by atomic mass is 19.1. The van der Waals surface area contributed by atoms with E-state index in [2.05, 4.69) is 0 Å². The third kappa shape index (κ3) is 1.25. The largest absolute Gasteiger partial charge is 0.505 e. The van der Waals surface area contributed by atoms with Crippen molar-refractivity contribution in [3.05, 3.63) is 29.6 Å². The lowest BCUT2D eigenvalue weighted by molar-refractivity contribution is 0.281. The van der Waals surface area contributed by atoms with Crippen LogP contribution in [0.25, 0.3) is 0 Å². The van der Waals surface area contributed by atoms with Crippen LogP contribution >= 0.6 is 0 Å². The molecule has 0 atom stereocenters. The van der Waals surface area contributed by atoms with Gasteiger partial charge in [-0.15, -0.1) is 0 Å². The molecule has 0 aliphatic carbocycles. The maximum Gasteiger partial charge on any atom is 0.165 e. The van der Waals surface area contributed by atoms with Crippen LogP contribution in [0.15, 0.2) is 18.2 Å². The first-order valence-corrected chi connectivity index (χ1v) is 2.82. The highest BCUT2D eigenvalue weighted by Crippen LogP contribution is 2.15. The van der Waals surface area contributed by atoms with Gasteiger partial charge in [0.1, 0.15) is 0 Å². The lowest BCUT2D eigenvalue weighted by Gasteiger charge is -1.96. The Labute approximate surface area is 57.6 Å². The molecule has 10 heavy (non-hydrogen) atoms. The molecule has 2 N–H and O–H groups in total. The first kappa shape index (κ1) is 7.02. The fraction of sp³-hybridized carbons (Fsp3) is 0.143. The molecule has 0 aromatic heterocycles. The van der Waals surface area contributed by atoms with Crippen LogP contribution in [0.3, 0.4) is 0 Å².